The zero-order chi connectivity index (χ0) is 8.55. The van der Waals surface area contributed by atoms with Crippen molar-refractivity contribution in [2.24, 2.45) is 5.73 Å². The highest BCUT2D eigenvalue weighted by molar-refractivity contribution is 5.34. The summed E-state index contributed by atoms with van der Waals surface area (Å²) in [6.45, 7) is 0. The van der Waals surface area contributed by atoms with Crippen molar-refractivity contribution in [1.29, 1.82) is 0 Å². The van der Waals surface area contributed by atoms with Crippen LogP contribution in [-0.4, -0.2) is 13.2 Å². The molecule has 1 aromatic carbocycles. The van der Waals surface area contributed by atoms with Gasteiger partial charge in [-0.1, -0.05) is 12.1 Å². The quantitative estimate of drug-likeness (QED) is 0.717. The van der Waals surface area contributed by atoms with E-state index in [1.54, 1.807) is 7.11 Å². The second kappa shape index (κ2) is 2.79. The second-order valence-corrected chi connectivity index (χ2v) is 3.28. The smallest absolute Gasteiger partial charge is 0.119 e. The van der Waals surface area contributed by atoms with E-state index in [1.807, 2.05) is 12.1 Å². The van der Waals surface area contributed by atoms with E-state index in [0.29, 0.717) is 12.0 Å². The molecule has 2 nitrogen and oxygen atoms in total. The number of hydrogen-bond donors (Lipinski definition) is 1. The van der Waals surface area contributed by atoms with Gasteiger partial charge >= 0.3 is 0 Å². The lowest BCUT2D eigenvalue weighted by Crippen LogP contribution is -2.00. The molecular weight excluding hydrogens is 150 g/mol. The van der Waals surface area contributed by atoms with E-state index >= 15 is 0 Å². The lowest BCUT2D eigenvalue weighted by molar-refractivity contribution is 0.414. The van der Waals surface area contributed by atoms with Crippen molar-refractivity contribution in [3.63, 3.8) is 0 Å². The number of ether oxygens (including phenoxy) is 1. The fourth-order valence-electron chi connectivity index (χ4n) is 1.47. The highest BCUT2D eigenvalue weighted by atomic mass is 16.5. The van der Waals surface area contributed by atoms with Crippen molar-refractivity contribution in [3.8, 4) is 5.75 Å². The average molecular weight is 163 g/mol. The molecule has 64 valence electrons. The molecule has 12 heavy (non-hydrogen) atoms. The lowest BCUT2D eigenvalue weighted by atomic mass is 10.1. The fraction of sp³-hybridized carbons (Fsp3) is 0.400. The summed E-state index contributed by atoms with van der Waals surface area (Å²) in [5.74, 6) is 1.49. The number of hydrogen-bond acceptors (Lipinski definition) is 2. The Morgan fingerprint density at radius 1 is 1.50 bits per heavy atom. The molecule has 1 aromatic rings. The normalized spacial score (nSPS) is 26.8. The zero-order valence-corrected chi connectivity index (χ0v) is 7.16. The minimum Gasteiger partial charge on any atom is -0.497 e. The van der Waals surface area contributed by atoms with Crippen molar-refractivity contribution >= 4 is 0 Å². The van der Waals surface area contributed by atoms with Crippen molar-refractivity contribution < 1.29 is 4.74 Å². The van der Waals surface area contributed by atoms with Crippen LogP contribution in [0.4, 0.5) is 0 Å². The minimum absolute atomic E-state index is 0.372. The third-order valence-electron chi connectivity index (χ3n) is 2.36. The van der Waals surface area contributed by atoms with Gasteiger partial charge < -0.3 is 10.5 Å². The van der Waals surface area contributed by atoms with Crippen LogP contribution in [0.2, 0.25) is 0 Å². The van der Waals surface area contributed by atoms with Crippen LogP contribution in [-0.2, 0) is 0 Å². The van der Waals surface area contributed by atoms with Crippen molar-refractivity contribution in [2.75, 3.05) is 7.11 Å². The van der Waals surface area contributed by atoms with Gasteiger partial charge in [-0.3, -0.25) is 0 Å². The number of nitrogens with two attached hydrogens (primary N) is 1. The molecule has 1 aliphatic carbocycles. The molecule has 1 fully saturated rings. The van der Waals surface area contributed by atoms with Crippen LogP contribution >= 0.6 is 0 Å². The molecule has 1 saturated carbocycles. The van der Waals surface area contributed by atoms with Gasteiger partial charge in [-0.25, -0.2) is 0 Å². The lowest BCUT2D eigenvalue weighted by Gasteiger charge is -2.02. The van der Waals surface area contributed by atoms with Crippen LogP contribution in [0.1, 0.15) is 17.9 Å². The Bertz CT molecular complexity index is 285. The molecule has 0 saturated heterocycles. The van der Waals surface area contributed by atoms with E-state index in [9.17, 15) is 0 Å². The molecule has 0 amide bonds. The second-order valence-electron chi connectivity index (χ2n) is 3.28. The Morgan fingerprint density at radius 3 is 2.83 bits per heavy atom. The van der Waals surface area contributed by atoms with E-state index in [2.05, 4.69) is 12.1 Å². The van der Waals surface area contributed by atoms with Gasteiger partial charge in [-0.05, 0) is 24.1 Å². The predicted octanol–water partition coefficient (Wildman–Crippen LogP) is 1.51. The molecule has 0 bridgehead atoms. The molecule has 2 rings (SSSR count). The van der Waals surface area contributed by atoms with Crippen LogP contribution in [0.3, 0.4) is 0 Å². The summed E-state index contributed by atoms with van der Waals surface area (Å²) < 4.78 is 5.13. The maximum absolute atomic E-state index is 5.75. The summed E-state index contributed by atoms with van der Waals surface area (Å²) in [5, 5.41) is 0. The van der Waals surface area contributed by atoms with E-state index in [4.69, 9.17) is 10.5 Å². The van der Waals surface area contributed by atoms with Gasteiger partial charge in [0.05, 0.1) is 7.11 Å². The molecular formula is C10H13NO. The Morgan fingerprint density at radius 2 is 2.25 bits per heavy atom. The van der Waals surface area contributed by atoms with Crippen LogP contribution in [0.25, 0.3) is 0 Å². The largest absolute Gasteiger partial charge is 0.497 e. The Kier molecular flexibility index (Phi) is 1.77. The Labute approximate surface area is 72.3 Å². The number of benzene rings is 1. The molecule has 0 unspecified atom stereocenters. The van der Waals surface area contributed by atoms with Gasteiger partial charge in [0.1, 0.15) is 5.75 Å². The van der Waals surface area contributed by atoms with Crippen LogP contribution < -0.4 is 10.5 Å². The van der Waals surface area contributed by atoms with Crippen molar-refractivity contribution in [3.05, 3.63) is 29.8 Å². The SMILES string of the molecule is COc1cccc([C@@H]2C[C@H]2N)c1. The summed E-state index contributed by atoms with van der Waals surface area (Å²) in [5.41, 5.74) is 7.06. The number of rotatable bonds is 2. The average Bonchev–Trinajstić information content (AvgIpc) is 2.83. The first-order valence-corrected chi connectivity index (χ1v) is 4.21. The van der Waals surface area contributed by atoms with Gasteiger partial charge in [-0.2, -0.15) is 0 Å². The van der Waals surface area contributed by atoms with Gasteiger partial charge in [-0.15, -0.1) is 0 Å². The van der Waals surface area contributed by atoms with Crippen LogP contribution in [0, 0.1) is 0 Å². The summed E-state index contributed by atoms with van der Waals surface area (Å²) in [6, 6.07) is 8.52. The molecule has 0 radical (unpaired) electrons. The standard InChI is InChI=1S/C10H13NO/c1-12-8-4-2-3-7(5-8)9-6-10(9)11/h2-5,9-10H,6,11H2,1H3/t9-,10+/m0/s1. The van der Waals surface area contributed by atoms with E-state index in [0.717, 1.165) is 12.2 Å². The molecule has 0 spiro atoms. The van der Waals surface area contributed by atoms with E-state index in [1.165, 1.54) is 5.56 Å². The molecule has 1 aliphatic rings. The first-order valence-electron chi connectivity index (χ1n) is 4.21. The predicted molar refractivity (Wildman–Crippen MR) is 48.3 cm³/mol. The summed E-state index contributed by atoms with van der Waals surface area (Å²) in [7, 11) is 1.69. The molecule has 2 N–H and O–H groups in total. The number of methoxy groups -OCH3 is 1. The Balaban J connectivity index is 2.21. The third kappa shape index (κ3) is 1.30. The third-order valence-corrected chi connectivity index (χ3v) is 2.36. The summed E-state index contributed by atoms with van der Waals surface area (Å²) >= 11 is 0. The summed E-state index contributed by atoms with van der Waals surface area (Å²) in [4.78, 5) is 0. The fourth-order valence-corrected chi connectivity index (χ4v) is 1.47. The van der Waals surface area contributed by atoms with Gasteiger partial charge in [0.2, 0.25) is 0 Å². The topological polar surface area (TPSA) is 35.2 Å². The highest BCUT2D eigenvalue weighted by Crippen LogP contribution is 2.39. The molecule has 0 heterocycles. The first kappa shape index (κ1) is 7.62. The highest BCUT2D eigenvalue weighted by Gasteiger charge is 2.34. The minimum atomic E-state index is 0.372. The molecule has 0 aromatic heterocycles. The monoisotopic (exact) mass is 163 g/mol. The van der Waals surface area contributed by atoms with Gasteiger partial charge in [0.25, 0.3) is 0 Å². The van der Waals surface area contributed by atoms with Crippen molar-refractivity contribution in [2.45, 2.75) is 18.4 Å². The van der Waals surface area contributed by atoms with Crippen LogP contribution in [0.5, 0.6) is 5.75 Å². The Hall–Kier alpha value is -1.02. The molecule has 2 atom stereocenters. The first-order chi connectivity index (χ1) is 5.81. The van der Waals surface area contributed by atoms with E-state index < -0.39 is 0 Å². The summed E-state index contributed by atoms with van der Waals surface area (Å²) in [6.07, 6.45) is 1.12. The van der Waals surface area contributed by atoms with Crippen molar-refractivity contribution in [1.82, 2.24) is 0 Å². The van der Waals surface area contributed by atoms with Crippen LogP contribution in [0.15, 0.2) is 24.3 Å². The molecule has 0 aliphatic heterocycles. The van der Waals surface area contributed by atoms with Gasteiger partial charge in [0, 0.05) is 12.0 Å². The zero-order valence-electron chi connectivity index (χ0n) is 7.16. The van der Waals surface area contributed by atoms with Gasteiger partial charge in [0.15, 0.2) is 0 Å². The maximum atomic E-state index is 5.75. The molecule has 2 heteroatoms. The maximum Gasteiger partial charge on any atom is 0.119 e. The van der Waals surface area contributed by atoms with E-state index in [-0.39, 0.29) is 0 Å².